The summed E-state index contributed by atoms with van der Waals surface area (Å²) in [6.45, 7) is 0.980. The number of fused-ring (bicyclic) bond motifs is 7. The van der Waals surface area contributed by atoms with Crippen molar-refractivity contribution in [2.24, 2.45) is 7.05 Å². The third-order valence-corrected chi connectivity index (χ3v) is 8.55. The van der Waals surface area contributed by atoms with Gasteiger partial charge in [-0.2, -0.15) is 0 Å². The van der Waals surface area contributed by atoms with E-state index in [1.165, 1.54) is 23.1 Å². The molecule has 4 heterocycles. The summed E-state index contributed by atoms with van der Waals surface area (Å²) in [6.07, 6.45) is 2.90. The number of ether oxygens (including phenoxy) is 3. The molecule has 3 aliphatic rings. The van der Waals surface area contributed by atoms with Crippen LogP contribution < -0.4 is 20.1 Å². The summed E-state index contributed by atoms with van der Waals surface area (Å²) < 4.78 is 19.1. The number of methoxy groups -OCH3 is 1. The molecule has 2 N–H and O–H groups in total. The topological polar surface area (TPSA) is 144 Å². The summed E-state index contributed by atoms with van der Waals surface area (Å²) in [4.78, 5) is 61.5. The quantitative estimate of drug-likeness (QED) is 0.320. The Morgan fingerprint density at radius 1 is 1.04 bits per heavy atom. The van der Waals surface area contributed by atoms with Gasteiger partial charge in [0.15, 0.2) is 6.61 Å². The molecule has 4 aromatic rings. The lowest BCUT2D eigenvalue weighted by Crippen LogP contribution is -2.45. The maximum Gasteiger partial charge on any atom is 0.258 e. The van der Waals surface area contributed by atoms with Crippen molar-refractivity contribution >= 4 is 23.6 Å². The van der Waals surface area contributed by atoms with Gasteiger partial charge in [0.25, 0.3) is 23.6 Å². The van der Waals surface area contributed by atoms with Gasteiger partial charge in [-0.25, -0.2) is 4.98 Å². The van der Waals surface area contributed by atoms with Gasteiger partial charge in [-0.3, -0.25) is 19.2 Å². The molecule has 1 aromatic heterocycles. The second-order valence-corrected chi connectivity index (χ2v) is 12.0. The Labute approximate surface area is 283 Å². The molecule has 4 amide bonds. The van der Waals surface area contributed by atoms with Crippen LogP contribution >= 0.6 is 0 Å². The van der Waals surface area contributed by atoms with Crippen molar-refractivity contribution in [2.45, 2.75) is 18.7 Å². The van der Waals surface area contributed by atoms with Gasteiger partial charge in [-0.15, -0.1) is 0 Å². The van der Waals surface area contributed by atoms with E-state index in [9.17, 15) is 19.2 Å². The fraction of sp³-hybridized carbons (Fsp3) is 0.306. The second kappa shape index (κ2) is 14.6. The van der Waals surface area contributed by atoms with Crippen molar-refractivity contribution in [2.75, 3.05) is 47.0 Å². The van der Waals surface area contributed by atoms with Gasteiger partial charge in [0, 0.05) is 69.9 Å². The van der Waals surface area contributed by atoms with Crippen LogP contribution in [0, 0.1) is 0 Å². The molecule has 3 aromatic carbocycles. The van der Waals surface area contributed by atoms with Gasteiger partial charge in [-0.1, -0.05) is 30.3 Å². The maximum atomic E-state index is 14.1. The Morgan fingerprint density at radius 2 is 1.84 bits per heavy atom. The molecular formula is C36H38N6O7. The Balaban J connectivity index is 1.32. The van der Waals surface area contributed by atoms with Crippen LogP contribution in [0.2, 0.25) is 0 Å². The van der Waals surface area contributed by atoms with E-state index in [4.69, 9.17) is 14.2 Å². The minimum absolute atomic E-state index is 0.151. The number of imidazole rings is 1. The number of hydrogen-bond donors (Lipinski definition) is 2. The monoisotopic (exact) mass is 666 g/mol. The van der Waals surface area contributed by atoms with E-state index in [2.05, 4.69) is 15.6 Å². The molecule has 254 valence electrons. The lowest BCUT2D eigenvalue weighted by Gasteiger charge is -2.22. The average molecular weight is 667 g/mol. The van der Waals surface area contributed by atoms with E-state index in [-0.39, 0.29) is 60.8 Å². The number of rotatable bonds is 6. The molecule has 1 saturated heterocycles. The highest BCUT2D eigenvalue weighted by Gasteiger charge is 2.39. The lowest BCUT2D eigenvalue weighted by atomic mass is 10.1. The number of aryl methyl sites for hydroxylation is 1. The van der Waals surface area contributed by atoms with E-state index >= 15 is 0 Å². The van der Waals surface area contributed by atoms with Crippen LogP contribution in [0.3, 0.4) is 0 Å². The Bertz CT molecular complexity index is 1860. The summed E-state index contributed by atoms with van der Waals surface area (Å²) in [5.41, 5.74) is 2.38. The number of carbonyl (C=O) groups excluding carboxylic acids is 4. The number of aromatic nitrogens is 2. The number of benzene rings is 3. The third kappa shape index (κ3) is 7.57. The molecule has 1 fully saturated rings. The maximum absolute atomic E-state index is 14.1. The minimum Gasteiger partial charge on any atom is -0.486 e. The molecular weight excluding hydrogens is 628 g/mol. The standard InChI is InChI=1S/C36H38N6O7/c1-40-13-12-37-33(40)28-6-4-5-7-29(28)36(46)42-20-30-31(21-42)49-26-10-8-23(9-11-26)19-38-32(43)22-48-27-17-24(34(44)39-30)16-25(18-27)35(45)41(2)14-15-47-3/h4-13,16-18,30-31H,14-15,19-22H2,1-3H3,(H,38,43)(H,39,44)/t30-,31-/m0/s1. The van der Waals surface area contributed by atoms with Crippen molar-refractivity contribution in [1.82, 2.24) is 30.0 Å². The first-order chi connectivity index (χ1) is 23.7. The highest BCUT2D eigenvalue weighted by atomic mass is 16.5. The second-order valence-electron chi connectivity index (χ2n) is 12.0. The van der Waals surface area contributed by atoms with Crippen molar-refractivity contribution in [3.63, 3.8) is 0 Å². The van der Waals surface area contributed by atoms with Gasteiger partial charge in [0.1, 0.15) is 23.4 Å². The van der Waals surface area contributed by atoms with Crippen molar-refractivity contribution < 1.29 is 33.4 Å². The summed E-state index contributed by atoms with van der Waals surface area (Å²) in [5.74, 6) is -0.0493. The zero-order valence-electron chi connectivity index (χ0n) is 27.5. The van der Waals surface area contributed by atoms with Crippen LogP contribution in [-0.4, -0.2) is 102 Å². The predicted octanol–water partition coefficient (Wildman–Crippen LogP) is 2.52. The van der Waals surface area contributed by atoms with Crippen LogP contribution in [0.25, 0.3) is 11.4 Å². The van der Waals surface area contributed by atoms with Gasteiger partial charge in [-0.05, 0) is 42.0 Å². The summed E-state index contributed by atoms with van der Waals surface area (Å²) in [7, 11) is 5.05. The number of hydrogen-bond acceptors (Lipinski definition) is 8. The fourth-order valence-electron chi connectivity index (χ4n) is 5.86. The number of likely N-dealkylation sites (N-methyl/N-ethyl adjacent to an activating group) is 1. The van der Waals surface area contributed by atoms with Crippen LogP contribution in [-0.2, 0) is 23.1 Å². The number of nitrogens with one attached hydrogen (secondary N) is 2. The lowest BCUT2D eigenvalue weighted by molar-refractivity contribution is -0.123. The molecule has 0 aliphatic carbocycles. The zero-order chi connectivity index (χ0) is 34.5. The smallest absolute Gasteiger partial charge is 0.258 e. The minimum atomic E-state index is -0.608. The number of nitrogens with zero attached hydrogens (tertiary/aromatic N) is 4. The van der Waals surface area contributed by atoms with Crippen LogP contribution in [0.15, 0.2) is 79.1 Å². The molecule has 3 aliphatic heterocycles. The van der Waals surface area contributed by atoms with Crippen LogP contribution in [0.1, 0.15) is 36.6 Å². The third-order valence-electron chi connectivity index (χ3n) is 8.55. The van der Waals surface area contributed by atoms with Crippen molar-refractivity contribution in [3.05, 3.63) is 101 Å². The Morgan fingerprint density at radius 3 is 2.59 bits per heavy atom. The summed E-state index contributed by atoms with van der Waals surface area (Å²) in [6, 6.07) is 18.4. The average Bonchev–Trinajstić information content (AvgIpc) is 3.73. The van der Waals surface area contributed by atoms with Gasteiger partial charge >= 0.3 is 0 Å². The van der Waals surface area contributed by atoms with Crippen molar-refractivity contribution in [1.29, 1.82) is 0 Å². The molecule has 49 heavy (non-hydrogen) atoms. The van der Waals surface area contributed by atoms with Gasteiger partial charge < -0.3 is 39.2 Å². The molecule has 13 heteroatoms. The fourth-order valence-corrected chi connectivity index (χ4v) is 5.86. The molecule has 4 bridgehead atoms. The largest absolute Gasteiger partial charge is 0.486 e. The molecule has 7 rings (SSSR count). The first-order valence-corrected chi connectivity index (χ1v) is 15.9. The normalized spacial score (nSPS) is 17.7. The van der Waals surface area contributed by atoms with E-state index in [1.807, 2.05) is 48.1 Å². The number of carbonyl (C=O) groups is 4. The number of likely N-dealkylation sites (tertiary alicyclic amines) is 1. The highest BCUT2D eigenvalue weighted by Crippen LogP contribution is 2.27. The molecule has 0 radical (unpaired) electrons. The number of amides is 4. The van der Waals surface area contributed by atoms with Gasteiger partial charge in [0.2, 0.25) is 0 Å². The van der Waals surface area contributed by atoms with Crippen LogP contribution in [0.4, 0.5) is 0 Å². The predicted molar refractivity (Wildman–Crippen MR) is 179 cm³/mol. The first kappa shape index (κ1) is 33.2. The summed E-state index contributed by atoms with van der Waals surface area (Å²) >= 11 is 0. The van der Waals surface area contributed by atoms with E-state index in [0.29, 0.717) is 35.9 Å². The highest BCUT2D eigenvalue weighted by molar-refractivity contribution is 6.02. The molecule has 0 unspecified atom stereocenters. The molecule has 0 spiro atoms. The SMILES string of the molecule is COCCN(C)C(=O)c1cc2cc(c1)C(=O)N[C@H]1CN(C(=O)c3ccccc3-c3nccn3C)C[C@@H]1Oc1ccc(cc1)CNC(=O)CO2. The van der Waals surface area contributed by atoms with Gasteiger partial charge in [0.05, 0.1) is 24.8 Å². The van der Waals surface area contributed by atoms with Crippen molar-refractivity contribution in [3.8, 4) is 22.9 Å². The van der Waals surface area contributed by atoms with Crippen LogP contribution in [0.5, 0.6) is 11.5 Å². The van der Waals surface area contributed by atoms with E-state index < -0.39 is 18.1 Å². The first-order valence-electron chi connectivity index (χ1n) is 15.9. The summed E-state index contributed by atoms with van der Waals surface area (Å²) in [5, 5.41) is 5.86. The molecule has 13 nitrogen and oxygen atoms in total. The Hall–Kier alpha value is -5.69. The Kier molecular flexibility index (Phi) is 9.90. The molecule has 0 saturated carbocycles. The van der Waals surface area contributed by atoms with E-state index in [0.717, 1.165) is 5.56 Å². The zero-order valence-corrected chi connectivity index (χ0v) is 27.5. The van der Waals surface area contributed by atoms with E-state index in [1.54, 1.807) is 43.5 Å². The molecule has 2 atom stereocenters.